The molecule has 1 aromatic heterocycles. The molecule has 2 saturated carbocycles. The number of alkyl halides is 1. The Hall–Kier alpha value is -1.14. The number of nitrogens with zero attached hydrogens (tertiary/aromatic N) is 2. The molecule has 1 amide bonds. The van der Waals surface area contributed by atoms with E-state index < -0.39 is 5.60 Å². The zero-order valence-corrected chi connectivity index (χ0v) is 14.1. The van der Waals surface area contributed by atoms with Crippen molar-refractivity contribution < 1.29 is 14.6 Å². The van der Waals surface area contributed by atoms with Gasteiger partial charge in [-0.25, -0.2) is 4.98 Å². The summed E-state index contributed by atoms with van der Waals surface area (Å²) in [6.07, 6.45) is 4.72. The van der Waals surface area contributed by atoms with E-state index in [-0.39, 0.29) is 17.4 Å². The predicted molar refractivity (Wildman–Crippen MR) is 85.6 cm³/mol. The van der Waals surface area contributed by atoms with E-state index in [2.05, 4.69) is 20.9 Å². The molecule has 2 aliphatic carbocycles. The van der Waals surface area contributed by atoms with Crippen molar-refractivity contribution in [1.82, 2.24) is 4.98 Å². The Morgan fingerprint density at radius 3 is 2.82 bits per heavy atom. The largest absolute Gasteiger partial charge is 0.491 e. The normalized spacial score (nSPS) is 31.1. The number of amides is 1. The van der Waals surface area contributed by atoms with Gasteiger partial charge in [-0.15, -0.1) is 0 Å². The molecule has 1 aromatic rings. The van der Waals surface area contributed by atoms with E-state index in [0.29, 0.717) is 19.4 Å². The van der Waals surface area contributed by atoms with Gasteiger partial charge in [-0.2, -0.15) is 0 Å². The van der Waals surface area contributed by atoms with Crippen molar-refractivity contribution in [2.24, 2.45) is 0 Å². The number of hydrogen-bond acceptors (Lipinski definition) is 4. The standard InChI is InChI=1S/C16H19BrN2O3/c1-15(21)7-10(8-15)19-13-12(16(2-3-16)14(19)20)6-11(9-18-13)22-5-4-17/h6,9-10,21H,2-5,7-8H2,1H3. The van der Waals surface area contributed by atoms with Crippen LogP contribution in [-0.2, 0) is 10.2 Å². The molecule has 118 valence electrons. The van der Waals surface area contributed by atoms with Gasteiger partial charge >= 0.3 is 0 Å². The van der Waals surface area contributed by atoms with Crippen LogP contribution in [0.5, 0.6) is 5.75 Å². The summed E-state index contributed by atoms with van der Waals surface area (Å²) < 4.78 is 5.63. The zero-order valence-electron chi connectivity index (χ0n) is 12.5. The maximum atomic E-state index is 12.9. The molecule has 2 fully saturated rings. The maximum absolute atomic E-state index is 12.9. The van der Waals surface area contributed by atoms with Crippen LogP contribution in [0.4, 0.5) is 5.82 Å². The highest BCUT2D eigenvalue weighted by atomic mass is 79.9. The van der Waals surface area contributed by atoms with E-state index in [4.69, 9.17) is 4.74 Å². The Morgan fingerprint density at radius 2 is 2.23 bits per heavy atom. The Kier molecular flexibility index (Phi) is 3.07. The molecule has 5 nitrogen and oxygen atoms in total. The Morgan fingerprint density at radius 1 is 1.50 bits per heavy atom. The third-order valence-corrected chi connectivity index (χ3v) is 5.35. The predicted octanol–water partition coefficient (Wildman–Crippen LogP) is 2.15. The SMILES string of the molecule is CC1(O)CC(N2C(=O)C3(CC3)c3cc(OCCBr)cnc32)C1. The lowest BCUT2D eigenvalue weighted by atomic mass is 9.76. The second kappa shape index (κ2) is 4.68. The van der Waals surface area contributed by atoms with Crippen LogP contribution >= 0.6 is 15.9 Å². The Bertz CT molecular complexity index is 634. The van der Waals surface area contributed by atoms with Crippen molar-refractivity contribution in [2.75, 3.05) is 16.8 Å². The van der Waals surface area contributed by atoms with Gasteiger partial charge in [0.15, 0.2) is 0 Å². The number of hydrogen-bond donors (Lipinski definition) is 1. The first-order chi connectivity index (χ1) is 10.5. The van der Waals surface area contributed by atoms with E-state index in [0.717, 1.165) is 35.3 Å². The van der Waals surface area contributed by atoms with Gasteiger partial charge < -0.3 is 9.84 Å². The molecule has 0 radical (unpaired) electrons. The number of aromatic nitrogens is 1. The molecular weight excluding hydrogens is 348 g/mol. The van der Waals surface area contributed by atoms with Crippen molar-refractivity contribution in [3.8, 4) is 5.75 Å². The van der Waals surface area contributed by atoms with Gasteiger partial charge in [0.05, 0.1) is 23.8 Å². The van der Waals surface area contributed by atoms with Crippen molar-refractivity contribution in [3.63, 3.8) is 0 Å². The number of ether oxygens (including phenoxy) is 1. The van der Waals surface area contributed by atoms with Crippen LogP contribution < -0.4 is 9.64 Å². The zero-order chi connectivity index (χ0) is 15.5. The lowest BCUT2D eigenvalue weighted by Crippen LogP contribution is -2.55. The molecule has 3 aliphatic rings. The van der Waals surface area contributed by atoms with Gasteiger partial charge in [0.25, 0.3) is 0 Å². The van der Waals surface area contributed by atoms with Gasteiger partial charge in [-0.05, 0) is 38.7 Å². The summed E-state index contributed by atoms with van der Waals surface area (Å²) in [7, 11) is 0. The van der Waals surface area contributed by atoms with Crippen LogP contribution in [0.1, 0.15) is 38.2 Å². The monoisotopic (exact) mass is 366 g/mol. The quantitative estimate of drug-likeness (QED) is 0.829. The molecule has 6 heteroatoms. The maximum Gasteiger partial charge on any atom is 0.239 e. The highest BCUT2D eigenvalue weighted by molar-refractivity contribution is 9.09. The molecule has 0 atom stereocenters. The summed E-state index contributed by atoms with van der Waals surface area (Å²) in [6, 6.07) is 2.05. The second-order valence-electron chi connectivity index (χ2n) is 6.90. The van der Waals surface area contributed by atoms with Crippen LogP contribution in [0.2, 0.25) is 0 Å². The average molecular weight is 367 g/mol. The van der Waals surface area contributed by atoms with E-state index in [9.17, 15) is 9.90 Å². The first-order valence-corrected chi connectivity index (χ1v) is 8.84. The van der Waals surface area contributed by atoms with Crippen molar-refractivity contribution in [2.45, 2.75) is 49.7 Å². The summed E-state index contributed by atoms with van der Waals surface area (Å²) >= 11 is 3.34. The molecule has 1 aliphatic heterocycles. The van der Waals surface area contributed by atoms with Gasteiger partial charge in [0.2, 0.25) is 5.91 Å². The fourth-order valence-electron chi connectivity index (χ4n) is 3.74. The van der Waals surface area contributed by atoms with E-state index in [1.807, 2.05) is 17.9 Å². The highest BCUT2D eigenvalue weighted by Gasteiger charge is 2.62. The molecule has 4 rings (SSSR count). The van der Waals surface area contributed by atoms with Crippen LogP contribution in [0, 0.1) is 0 Å². The van der Waals surface area contributed by atoms with Crippen molar-refractivity contribution >= 4 is 27.7 Å². The van der Waals surface area contributed by atoms with Gasteiger partial charge in [-0.1, -0.05) is 15.9 Å². The number of rotatable bonds is 4. The van der Waals surface area contributed by atoms with Gasteiger partial charge in [0, 0.05) is 16.9 Å². The highest BCUT2D eigenvalue weighted by Crippen LogP contribution is 2.59. The average Bonchev–Trinajstić information content (AvgIpc) is 3.21. The molecule has 2 heterocycles. The minimum Gasteiger partial charge on any atom is -0.491 e. The molecule has 1 N–H and O–H groups in total. The molecule has 1 spiro atoms. The van der Waals surface area contributed by atoms with Gasteiger partial charge in [-0.3, -0.25) is 9.69 Å². The second-order valence-corrected chi connectivity index (χ2v) is 7.69. The lowest BCUT2D eigenvalue weighted by Gasteiger charge is -2.45. The summed E-state index contributed by atoms with van der Waals surface area (Å²) in [6.45, 7) is 2.40. The third-order valence-electron chi connectivity index (χ3n) is 5.03. The lowest BCUT2D eigenvalue weighted by molar-refractivity contribution is -0.122. The summed E-state index contributed by atoms with van der Waals surface area (Å²) in [5, 5.41) is 10.7. The fraction of sp³-hybridized carbons (Fsp3) is 0.625. The van der Waals surface area contributed by atoms with Crippen LogP contribution in [0.3, 0.4) is 0 Å². The summed E-state index contributed by atoms with van der Waals surface area (Å²) in [5.74, 6) is 1.65. The van der Waals surface area contributed by atoms with E-state index in [1.165, 1.54) is 0 Å². The molecule has 0 unspecified atom stereocenters. The number of carbonyl (C=O) groups excluding carboxylic acids is 1. The third kappa shape index (κ3) is 2.00. The number of halogens is 1. The smallest absolute Gasteiger partial charge is 0.239 e. The number of fused-ring (bicyclic) bond motifs is 2. The van der Waals surface area contributed by atoms with Crippen LogP contribution in [0.25, 0.3) is 0 Å². The van der Waals surface area contributed by atoms with Gasteiger partial charge in [0.1, 0.15) is 11.6 Å². The number of pyridine rings is 1. The van der Waals surface area contributed by atoms with E-state index >= 15 is 0 Å². The van der Waals surface area contributed by atoms with Crippen LogP contribution in [0.15, 0.2) is 12.3 Å². The Labute approximate surface area is 137 Å². The topological polar surface area (TPSA) is 62.7 Å². The van der Waals surface area contributed by atoms with Crippen LogP contribution in [-0.4, -0.2) is 39.6 Å². The minimum atomic E-state index is -0.649. The summed E-state index contributed by atoms with van der Waals surface area (Å²) in [4.78, 5) is 19.2. The van der Waals surface area contributed by atoms with E-state index in [1.54, 1.807) is 6.20 Å². The fourth-order valence-corrected chi connectivity index (χ4v) is 3.91. The number of aliphatic hydroxyl groups is 1. The number of anilines is 1. The molecular formula is C16H19BrN2O3. The molecule has 0 aromatic carbocycles. The Balaban J connectivity index is 1.67. The molecule has 22 heavy (non-hydrogen) atoms. The first-order valence-electron chi connectivity index (χ1n) is 7.72. The van der Waals surface area contributed by atoms with Crippen molar-refractivity contribution in [1.29, 1.82) is 0 Å². The van der Waals surface area contributed by atoms with Crippen molar-refractivity contribution in [3.05, 3.63) is 17.8 Å². The molecule has 0 bridgehead atoms. The number of carbonyl (C=O) groups is 1. The first kappa shape index (κ1) is 14.5. The molecule has 0 saturated heterocycles. The summed E-state index contributed by atoms with van der Waals surface area (Å²) in [5.41, 5.74) is -0.00271. The minimum absolute atomic E-state index is 0.0723.